The molecule has 0 heterocycles. The first kappa shape index (κ1) is 13.1. The fourth-order valence-electron chi connectivity index (χ4n) is 1.68. The van der Waals surface area contributed by atoms with Crippen LogP contribution in [0, 0.1) is 12.7 Å². The maximum absolute atomic E-state index is 13.0. The Morgan fingerprint density at radius 3 is 2.88 bits per heavy atom. The summed E-state index contributed by atoms with van der Waals surface area (Å²) in [6.07, 6.45) is 1.60. The lowest BCUT2D eigenvalue weighted by Gasteiger charge is -2.12. The Morgan fingerprint density at radius 2 is 2.19 bits per heavy atom. The summed E-state index contributed by atoms with van der Waals surface area (Å²) in [7, 11) is 1.64. The maximum atomic E-state index is 13.0. The van der Waals surface area contributed by atoms with Gasteiger partial charge in [-0.05, 0) is 49.4 Å². The van der Waals surface area contributed by atoms with Gasteiger partial charge in [0, 0.05) is 13.7 Å². The van der Waals surface area contributed by atoms with Gasteiger partial charge in [0.2, 0.25) is 0 Å². The van der Waals surface area contributed by atoms with E-state index in [0.29, 0.717) is 19.4 Å². The fourth-order valence-corrected chi connectivity index (χ4v) is 1.68. The Bertz CT molecular complexity index is 326. The molecule has 0 bridgehead atoms. The van der Waals surface area contributed by atoms with E-state index in [1.807, 2.05) is 6.92 Å². The largest absolute Gasteiger partial charge is 0.393 e. The lowest BCUT2D eigenvalue weighted by Crippen LogP contribution is -2.12. The summed E-state index contributed by atoms with van der Waals surface area (Å²) in [6.45, 7) is 2.58. The van der Waals surface area contributed by atoms with Gasteiger partial charge in [0.25, 0.3) is 0 Å². The van der Waals surface area contributed by atoms with Gasteiger partial charge in [-0.25, -0.2) is 4.39 Å². The molecule has 0 amide bonds. The topological polar surface area (TPSA) is 29.5 Å². The van der Waals surface area contributed by atoms with Crippen molar-refractivity contribution in [2.45, 2.75) is 32.3 Å². The van der Waals surface area contributed by atoms with Crippen molar-refractivity contribution < 1.29 is 14.2 Å². The highest BCUT2D eigenvalue weighted by atomic mass is 19.1. The summed E-state index contributed by atoms with van der Waals surface area (Å²) in [4.78, 5) is 0. The van der Waals surface area contributed by atoms with E-state index in [-0.39, 0.29) is 5.82 Å². The van der Waals surface area contributed by atoms with Crippen LogP contribution in [0.5, 0.6) is 0 Å². The molecular weight excluding hydrogens is 207 g/mol. The molecule has 0 aliphatic carbocycles. The minimum atomic E-state index is -0.421. The van der Waals surface area contributed by atoms with E-state index in [0.717, 1.165) is 17.5 Å². The van der Waals surface area contributed by atoms with Crippen LogP contribution in [0.3, 0.4) is 0 Å². The number of rotatable bonds is 6. The lowest BCUT2D eigenvalue weighted by atomic mass is 10.00. The summed E-state index contributed by atoms with van der Waals surface area (Å²) >= 11 is 0. The first-order valence-electron chi connectivity index (χ1n) is 5.55. The van der Waals surface area contributed by atoms with Crippen molar-refractivity contribution in [3.05, 3.63) is 35.1 Å². The first-order chi connectivity index (χ1) is 7.63. The lowest BCUT2D eigenvalue weighted by molar-refractivity contribution is 0.135. The number of ether oxygens (including phenoxy) is 1. The van der Waals surface area contributed by atoms with Crippen molar-refractivity contribution in [3.63, 3.8) is 0 Å². The number of aryl methyl sites for hydroxylation is 1. The zero-order valence-electron chi connectivity index (χ0n) is 9.87. The smallest absolute Gasteiger partial charge is 0.123 e. The van der Waals surface area contributed by atoms with Crippen LogP contribution in [0.15, 0.2) is 18.2 Å². The molecule has 1 atom stereocenters. The van der Waals surface area contributed by atoms with Crippen LogP contribution in [0.25, 0.3) is 0 Å². The highest BCUT2D eigenvalue weighted by Crippen LogP contribution is 2.14. The molecule has 16 heavy (non-hydrogen) atoms. The number of hydrogen-bond acceptors (Lipinski definition) is 2. The van der Waals surface area contributed by atoms with Crippen molar-refractivity contribution >= 4 is 0 Å². The number of halogens is 1. The summed E-state index contributed by atoms with van der Waals surface area (Å²) in [5.41, 5.74) is 1.90. The van der Waals surface area contributed by atoms with Gasteiger partial charge in [-0.2, -0.15) is 0 Å². The normalized spacial score (nSPS) is 12.8. The predicted molar refractivity (Wildman–Crippen MR) is 62.0 cm³/mol. The highest BCUT2D eigenvalue weighted by Gasteiger charge is 2.08. The number of aliphatic hydroxyl groups excluding tert-OH is 1. The fraction of sp³-hybridized carbons (Fsp3) is 0.538. The molecule has 0 saturated heterocycles. The summed E-state index contributed by atoms with van der Waals surface area (Å²) < 4.78 is 17.9. The van der Waals surface area contributed by atoms with Gasteiger partial charge in [0.05, 0.1) is 6.10 Å². The number of methoxy groups -OCH3 is 1. The van der Waals surface area contributed by atoms with Gasteiger partial charge in [-0.1, -0.05) is 6.07 Å². The average molecular weight is 226 g/mol. The zero-order valence-corrected chi connectivity index (χ0v) is 9.87. The van der Waals surface area contributed by atoms with E-state index < -0.39 is 6.10 Å². The van der Waals surface area contributed by atoms with Crippen LogP contribution in [0.2, 0.25) is 0 Å². The average Bonchev–Trinajstić information content (AvgIpc) is 2.24. The van der Waals surface area contributed by atoms with Crippen molar-refractivity contribution in [1.29, 1.82) is 0 Å². The summed E-state index contributed by atoms with van der Waals surface area (Å²) in [5, 5.41) is 9.77. The minimum Gasteiger partial charge on any atom is -0.393 e. The van der Waals surface area contributed by atoms with Crippen molar-refractivity contribution in [3.8, 4) is 0 Å². The van der Waals surface area contributed by atoms with Gasteiger partial charge in [-0.3, -0.25) is 0 Å². The molecule has 1 aromatic rings. The Labute approximate surface area is 96.1 Å². The molecule has 0 aromatic heterocycles. The molecule has 3 heteroatoms. The second-order valence-corrected chi connectivity index (χ2v) is 4.06. The number of hydrogen-bond donors (Lipinski definition) is 1. The van der Waals surface area contributed by atoms with Gasteiger partial charge in [-0.15, -0.1) is 0 Å². The number of benzene rings is 1. The summed E-state index contributed by atoms with van der Waals surface area (Å²) in [6, 6.07) is 4.68. The molecule has 0 aliphatic heterocycles. The van der Waals surface area contributed by atoms with Crippen LogP contribution in [0.1, 0.15) is 24.0 Å². The maximum Gasteiger partial charge on any atom is 0.123 e. The monoisotopic (exact) mass is 226 g/mol. The molecule has 2 nitrogen and oxygen atoms in total. The predicted octanol–water partition coefficient (Wildman–Crippen LogP) is 2.46. The molecule has 1 aromatic carbocycles. The Morgan fingerprint density at radius 1 is 1.44 bits per heavy atom. The molecule has 0 saturated carbocycles. The first-order valence-corrected chi connectivity index (χ1v) is 5.55. The molecule has 1 unspecified atom stereocenters. The minimum absolute atomic E-state index is 0.246. The molecule has 90 valence electrons. The van der Waals surface area contributed by atoms with Gasteiger partial charge in [0.1, 0.15) is 5.82 Å². The Balaban J connectivity index is 2.48. The number of aliphatic hydroxyl groups is 1. The quantitative estimate of drug-likeness (QED) is 0.755. The third-order valence-electron chi connectivity index (χ3n) is 2.65. The molecule has 1 rings (SSSR count). The van der Waals surface area contributed by atoms with Crippen LogP contribution < -0.4 is 0 Å². The van der Waals surface area contributed by atoms with E-state index >= 15 is 0 Å². The Kier molecular flexibility index (Phi) is 5.43. The Hall–Kier alpha value is -0.930. The van der Waals surface area contributed by atoms with Crippen LogP contribution >= 0.6 is 0 Å². The SMILES string of the molecule is COCCCC(O)Cc1cc(F)ccc1C. The molecule has 1 N–H and O–H groups in total. The standard InChI is InChI=1S/C13H19FO2/c1-10-5-6-12(14)8-11(10)9-13(15)4-3-7-16-2/h5-6,8,13,15H,3-4,7,9H2,1-2H3. The third kappa shape index (κ3) is 4.29. The molecule has 0 spiro atoms. The van der Waals surface area contributed by atoms with Crippen molar-refractivity contribution in [2.24, 2.45) is 0 Å². The third-order valence-corrected chi connectivity index (χ3v) is 2.65. The second kappa shape index (κ2) is 6.61. The van der Waals surface area contributed by atoms with Gasteiger partial charge in [0.15, 0.2) is 0 Å². The molecular formula is C13H19FO2. The van der Waals surface area contributed by atoms with Crippen molar-refractivity contribution in [2.75, 3.05) is 13.7 Å². The van der Waals surface area contributed by atoms with E-state index in [9.17, 15) is 9.50 Å². The second-order valence-electron chi connectivity index (χ2n) is 4.06. The van der Waals surface area contributed by atoms with Crippen LogP contribution in [0.4, 0.5) is 4.39 Å². The zero-order chi connectivity index (χ0) is 12.0. The van der Waals surface area contributed by atoms with Crippen molar-refractivity contribution in [1.82, 2.24) is 0 Å². The summed E-state index contributed by atoms with van der Waals surface area (Å²) in [5.74, 6) is -0.246. The highest BCUT2D eigenvalue weighted by molar-refractivity contribution is 5.27. The molecule has 0 fully saturated rings. The van der Waals surface area contributed by atoms with Gasteiger partial charge < -0.3 is 9.84 Å². The van der Waals surface area contributed by atoms with Gasteiger partial charge >= 0.3 is 0 Å². The molecule has 0 radical (unpaired) electrons. The van der Waals surface area contributed by atoms with E-state index in [2.05, 4.69) is 0 Å². The van der Waals surface area contributed by atoms with E-state index in [4.69, 9.17) is 4.74 Å². The van der Waals surface area contributed by atoms with Crippen LogP contribution in [-0.2, 0) is 11.2 Å². The van der Waals surface area contributed by atoms with E-state index in [1.165, 1.54) is 12.1 Å². The van der Waals surface area contributed by atoms with Crippen LogP contribution in [-0.4, -0.2) is 24.9 Å². The van der Waals surface area contributed by atoms with E-state index in [1.54, 1.807) is 13.2 Å². The molecule has 0 aliphatic rings.